The van der Waals surface area contributed by atoms with Gasteiger partial charge in [-0.25, -0.2) is 4.68 Å². The minimum absolute atomic E-state index is 0.0569. The zero-order chi connectivity index (χ0) is 20.8. The number of methoxy groups -OCH3 is 1. The monoisotopic (exact) mass is 392 g/mol. The van der Waals surface area contributed by atoms with Crippen LogP contribution in [0.4, 0.5) is 0 Å². The Morgan fingerprint density at radius 2 is 1.76 bits per heavy atom. The molecule has 0 bridgehead atoms. The quantitative estimate of drug-likeness (QED) is 0.510. The van der Waals surface area contributed by atoms with Crippen molar-refractivity contribution in [3.8, 4) is 5.75 Å². The van der Waals surface area contributed by atoms with Gasteiger partial charge in [0.25, 0.3) is 17.4 Å². The molecule has 0 atom stereocenters. The van der Waals surface area contributed by atoms with Crippen molar-refractivity contribution in [3.63, 3.8) is 0 Å². The Bertz CT molecular complexity index is 1130. The number of amides is 2. The number of hydrogen-bond donors (Lipinski definition) is 2. The molecule has 2 N–H and O–H groups in total. The fraction of sp³-hybridized carbons (Fsp3) is 0.143. The highest BCUT2D eigenvalue weighted by atomic mass is 16.5. The zero-order valence-electron chi connectivity index (χ0n) is 16.0. The van der Waals surface area contributed by atoms with E-state index in [0.29, 0.717) is 23.1 Å². The van der Waals surface area contributed by atoms with Crippen molar-refractivity contribution in [1.29, 1.82) is 0 Å². The summed E-state index contributed by atoms with van der Waals surface area (Å²) in [5.74, 6) is -0.413. The van der Waals surface area contributed by atoms with Crippen LogP contribution in [0, 0.1) is 0 Å². The molecule has 1 aromatic heterocycles. The third-order valence-corrected chi connectivity index (χ3v) is 4.22. The average Bonchev–Trinajstić information content (AvgIpc) is 2.76. The normalized spacial score (nSPS) is 10.8. The summed E-state index contributed by atoms with van der Waals surface area (Å²) in [4.78, 5) is 36.9. The van der Waals surface area contributed by atoms with Crippen LogP contribution in [-0.2, 0) is 11.3 Å². The molecule has 3 rings (SSSR count). The van der Waals surface area contributed by atoms with Gasteiger partial charge in [0.1, 0.15) is 5.75 Å². The van der Waals surface area contributed by atoms with Crippen molar-refractivity contribution in [2.45, 2.75) is 13.5 Å². The molecule has 0 unspecified atom stereocenters. The summed E-state index contributed by atoms with van der Waals surface area (Å²) in [6.45, 7) is 2.08. The van der Waals surface area contributed by atoms with Gasteiger partial charge in [0.2, 0.25) is 0 Å². The number of rotatable bonds is 5. The summed E-state index contributed by atoms with van der Waals surface area (Å²) in [6.07, 6.45) is 2.90. The molecule has 0 aliphatic rings. The van der Waals surface area contributed by atoms with Gasteiger partial charge in [0.05, 0.1) is 12.5 Å². The first kappa shape index (κ1) is 19.8. The molecule has 0 aliphatic heterocycles. The van der Waals surface area contributed by atoms with Gasteiger partial charge in [0, 0.05) is 18.0 Å². The lowest BCUT2D eigenvalue weighted by atomic mass is 10.1. The number of ether oxygens (including phenoxy) is 1. The lowest BCUT2D eigenvalue weighted by Gasteiger charge is -2.10. The van der Waals surface area contributed by atoms with Crippen molar-refractivity contribution < 1.29 is 14.3 Å². The molecule has 8 nitrogen and oxygen atoms in total. The maximum Gasteiger partial charge on any atom is 0.290 e. The minimum atomic E-state index is -0.616. The van der Waals surface area contributed by atoms with Crippen molar-refractivity contribution in [2.24, 2.45) is 0 Å². The van der Waals surface area contributed by atoms with E-state index in [4.69, 9.17) is 4.74 Å². The van der Waals surface area contributed by atoms with E-state index in [1.807, 2.05) is 0 Å². The molecule has 1 heterocycles. The molecular weight excluding hydrogens is 372 g/mol. The Morgan fingerprint density at radius 3 is 2.41 bits per heavy atom. The topological polar surface area (TPSA) is 102 Å². The van der Waals surface area contributed by atoms with Gasteiger partial charge in [-0.05, 0) is 36.8 Å². The van der Waals surface area contributed by atoms with Crippen LogP contribution in [0.3, 0.4) is 0 Å². The van der Waals surface area contributed by atoms with E-state index in [-0.39, 0.29) is 11.3 Å². The standard InChI is InChI=1S/C21H20N4O4/c1-3-25-21(28)17-7-5-4-6-16(17)19(24-25)20(27)23-22-18(26)13-10-14-8-11-15(29-2)12-9-14/h4-13H,3H2,1-2H3,(H,22,26)(H,23,27)/b13-10+. The van der Waals surface area contributed by atoms with Crippen molar-refractivity contribution in [1.82, 2.24) is 20.6 Å². The van der Waals surface area contributed by atoms with Crippen molar-refractivity contribution in [3.05, 3.63) is 76.2 Å². The van der Waals surface area contributed by atoms with Gasteiger partial charge in [0.15, 0.2) is 5.69 Å². The number of hydrazine groups is 1. The summed E-state index contributed by atoms with van der Waals surface area (Å²) in [5.41, 5.74) is 5.23. The summed E-state index contributed by atoms with van der Waals surface area (Å²) >= 11 is 0. The van der Waals surface area contributed by atoms with Crippen LogP contribution in [0.1, 0.15) is 23.0 Å². The number of nitrogens with one attached hydrogen (secondary N) is 2. The first-order chi connectivity index (χ1) is 14.0. The number of carbonyl (C=O) groups is 2. The van der Waals surface area contributed by atoms with Crippen molar-refractivity contribution in [2.75, 3.05) is 7.11 Å². The molecule has 0 aliphatic carbocycles. The van der Waals surface area contributed by atoms with Crippen LogP contribution in [0.5, 0.6) is 5.75 Å². The number of hydrogen-bond acceptors (Lipinski definition) is 5. The second-order valence-corrected chi connectivity index (χ2v) is 6.06. The molecule has 0 spiro atoms. The zero-order valence-corrected chi connectivity index (χ0v) is 16.0. The van der Waals surface area contributed by atoms with Gasteiger partial charge in [-0.3, -0.25) is 25.2 Å². The van der Waals surface area contributed by atoms with Gasteiger partial charge in [-0.15, -0.1) is 0 Å². The number of benzene rings is 2. The number of aryl methyl sites for hydroxylation is 1. The fourth-order valence-corrected chi connectivity index (χ4v) is 2.72. The van der Waals surface area contributed by atoms with E-state index in [2.05, 4.69) is 16.0 Å². The number of fused-ring (bicyclic) bond motifs is 1. The first-order valence-corrected chi connectivity index (χ1v) is 8.95. The summed E-state index contributed by atoms with van der Waals surface area (Å²) in [5, 5.41) is 4.93. The molecule has 0 fully saturated rings. The van der Waals surface area contributed by atoms with E-state index >= 15 is 0 Å². The third-order valence-electron chi connectivity index (χ3n) is 4.22. The highest BCUT2D eigenvalue weighted by molar-refractivity contribution is 6.05. The maximum absolute atomic E-state index is 12.5. The van der Waals surface area contributed by atoms with E-state index in [9.17, 15) is 14.4 Å². The molecule has 2 aromatic carbocycles. The highest BCUT2D eigenvalue weighted by Gasteiger charge is 2.16. The second-order valence-electron chi connectivity index (χ2n) is 6.06. The first-order valence-electron chi connectivity index (χ1n) is 8.95. The van der Waals surface area contributed by atoms with E-state index in [0.717, 1.165) is 5.56 Å². The molecule has 8 heteroatoms. The Morgan fingerprint density at radius 1 is 1.07 bits per heavy atom. The lowest BCUT2D eigenvalue weighted by Crippen LogP contribution is -2.42. The fourth-order valence-electron chi connectivity index (χ4n) is 2.72. The predicted molar refractivity (Wildman–Crippen MR) is 109 cm³/mol. The Hall–Kier alpha value is -3.94. The molecule has 0 saturated carbocycles. The molecule has 0 saturated heterocycles. The summed E-state index contributed by atoms with van der Waals surface area (Å²) in [7, 11) is 1.58. The van der Waals surface area contributed by atoms with Crippen LogP contribution < -0.4 is 21.1 Å². The highest BCUT2D eigenvalue weighted by Crippen LogP contribution is 2.13. The summed E-state index contributed by atoms with van der Waals surface area (Å²) < 4.78 is 6.29. The number of nitrogens with zero attached hydrogens (tertiary/aromatic N) is 2. The lowest BCUT2D eigenvalue weighted by molar-refractivity contribution is -0.117. The molecule has 0 radical (unpaired) electrons. The van der Waals surface area contributed by atoms with E-state index in [1.54, 1.807) is 68.6 Å². The Kier molecular flexibility index (Phi) is 6.03. The minimum Gasteiger partial charge on any atom is -0.497 e. The van der Waals surface area contributed by atoms with Crippen molar-refractivity contribution >= 4 is 28.7 Å². The van der Waals surface area contributed by atoms with Crippen LogP contribution in [-0.4, -0.2) is 28.7 Å². The van der Waals surface area contributed by atoms with Gasteiger partial charge in [-0.2, -0.15) is 5.10 Å². The van der Waals surface area contributed by atoms with E-state index in [1.165, 1.54) is 10.8 Å². The Balaban J connectivity index is 1.72. The molecule has 148 valence electrons. The van der Waals surface area contributed by atoms with Crippen LogP contribution in [0.15, 0.2) is 59.4 Å². The molecule has 29 heavy (non-hydrogen) atoms. The van der Waals surface area contributed by atoms with Gasteiger partial charge < -0.3 is 4.74 Å². The van der Waals surface area contributed by atoms with Crippen LogP contribution in [0.25, 0.3) is 16.8 Å². The van der Waals surface area contributed by atoms with Gasteiger partial charge in [-0.1, -0.05) is 30.3 Å². The second kappa shape index (κ2) is 8.83. The Labute approximate surface area is 166 Å². The molecule has 2 amide bonds. The molecule has 3 aromatic rings. The average molecular weight is 392 g/mol. The third kappa shape index (κ3) is 4.49. The SMILES string of the molecule is CCn1nc(C(=O)NNC(=O)/C=C/c2ccc(OC)cc2)c2ccccc2c1=O. The smallest absolute Gasteiger partial charge is 0.290 e. The van der Waals surface area contributed by atoms with Crippen LogP contribution >= 0.6 is 0 Å². The van der Waals surface area contributed by atoms with Crippen LogP contribution in [0.2, 0.25) is 0 Å². The maximum atomic E-state index is 12.5. The number of carbonyl (C=O) groups excluding carboxylic acids is 2. The predicted octanol–water partition coefficient (Wildman–Crippen LogP) is 1.90. The number of aromatic nitrogens is 2. The molecular formula is C21H20N4O4. The summed E-state index contributed by atoms with van der Waals surface area (Å²) in [6, 6.07) is 13.9. The largest absolute Gasteiger partial charge is 0.497 e. The van der Waals surface area contributed by atoms with E-state index < -0.39 is 11.8 Å². The van der Waals surface area contributed by atoms with Gasteiger partial charge >= 0.3 is 0 Å².